The first-order chi connectivity index (χ1) is 0. The van der Waals surface area contributed by atoms with E-state index < -0.39 is 0 Å². The van der Waals surface area contributed by atoms with Gasteiger partial charge in [-0.05, 0) is 0 Å². The minimum Gasteiger partial charge on any atom is -1.00 e. The maximum atomic E-state index is 0. The minimum atomic E-state index is 0. The molecule has 0 saturated heterocycles. The zero-order chi connectivity index (χ0) is 0. The molecule has 4 heavy (non-hydrogen) atoms. The van der Waals surface area contributed by atoms with Crippen molar-refractivity contribution in [2.45, 2.75) is 0 Å². The van der Waals surface area contributed by atoms with Gasteiger partial charge in [-0.1, -0.05) is 0 Å². The smallest absolute Gasteiger partial charge is 1.00 e. The number of rotatable bonds is 0. The van der Waals surface area contributed by atoms with E-state index in [4.69, 9.17) is 0 Å². The van der Waals surface area contributed by atoms with Crippen LogP contribution >= 0.6 is 0 Å². The SMILES string of the molecule is F.N.[H-].[H-].[K+].[Li+]. The maximum Gasteiger partial charge on any atom is 1.00 e. The fraction of sp³-hybridized carbons (Fsp3) is 0. The molecule has 0 aliphatic carbocycles. The minimum absolute atomic E-state index is 0. The van der Waals surface area contributed by atoms with E-state index in [2.05, 4.69) is 0 Å². The van der Waals surface area contributed by atoms with Crippen molar-refractivity contribution < 1.29 is 77.8 Å². The summed E-state index contributed by atoms with van der Waals surface area (Å²) in [5.41, 5.74) is 0. The zero-order valence-corrected chi connectivity index (χ0v) is 6.24. The molecular weight excluding hydrogens is 79.0 g/mol. The Labute approximate surface area is 82.4 Å². The first-order valence-corrected chi connectivity index (χ1v) is 0. The molecular formula is H6FKLiN. The Bertz CT molecular complexity index is 13.5. The molecule has 0 unspecified atom stereocenters. The summed E-state index contributed by atoms with van der Waals surface area (Å²) in [6, 6.07) is 0. The third-order valence-electron chi connectivity index (χ3n) is 0. The van der Waals surface area contributed by atoms with Gasteiger partial charge in [-0.15, -0.1) is 0 Å². The van der Waals surface area contributed by atoms with Gasteiger partial charge in [0.2, 0.25) is 0 Å². The standard InChI is InChI=1S/FH.K.Li.H3N.2H/h1H;;;1H3;;/q;2*+1;;2*-1. The summed E-state index contributed by atoms with van der Waals surface area (Å²) in [4.78, 5) is 0. The van der Waals surface area contributed by atoms with Crippen LogP contribution in [0.3, 0.4) is 0 Å². The molecule has 20 valence electrons. The van der Waals surface area contributed by atoms with E-state index in [0.717, 1.165) is 0 Å². The van der Waals surface area contributed by atoms with Crippen LogP contribution in [-0.2, 0) is 0 Å². The van der Waals surface area contributed by atoms with Gasteiger partial charge in [0.1, 0.15) is 0 Å². The summed E-state index contributed by atoms with van der Waals surface area (Å²) >= 11 is 0. The zero-order valence-electron chi connectivity index (χ0n) is 5.12. The van der Waals surface area contributed by atoms with Crippen LogP contribution in [0.25, 0.3) is 0 Å². The fourth-order valence-electron chi connectivity index (χ4n) is 0. The fourth-order valence-corrected chi connectivity index (χ4v) is 0. The van der Waals surface area contributed by atoms with E-state index in [1.54, 1.807) is 0 Å². The van der Waals surface area contributed by atoms with Crippen molar-refractivity contribution in [1.82, 2.24) is 6.15 Å². The molecule has 0 radical (unpaired) electrons. The van der Waals surface area contributed by atoms with Gasteiger partial charge >= 0.3 is 70.2 Å². The summed E-state index contributed by atoms with van der Waals surface area (Å²) in [5.74, 6) is 0. The summed E-state index contributed by atoms with van der Waals surface area (Å²) in [5, 5.41) is 0. The van der Waals surface area contributed by atoms with Crippen LogP contribution < -0.4 is 76.4 Å². The molecule has 0 saturated carbocycles. The van der Waals surface area contributed by atoms with Crippen LogP contribution in [0.2, 0.25) is 0 Å². The van der Waals surface area contributed by atoms with Crippen LogP contribution in [0.5, 0.6) is 0 Å². The predicted octanol–water partition coefficient (Wildman–Crippen LogP) is -5.45. The van der Waals surface area contributed by atoms with Crippen molar-refractivity contribution in [3.8, 4) is 0 Å². The van der Waals surface area contributed by atoms with Crippen LogP contribution in [0.15, 0.2) is 0 Å². The maximum absolute atomic E-state index is 0. The van der Waals surface area contributed by atoms with Gasteiger partial charge in [0, 0.05) is 0 Å². The van der Waals surface area contributed by atoms with Gasteiger partial charge in [0.25, 0.3) is 0 Å². The summed E-state index contributed by atoms with van der Waals surface area (Å²) in [6.07, 6.45) is 0. The third-order valence-corrected chi connectivity index (χ3v) is 0. The van der Waals surface area contributed by atoms with Gasteiger partial charge in [-0.2, -0.15) is 0 Å². The molecule has 0 atom stereocenters. The molecule has 0 heterocycles. The second kappa shape index (κ2) is 19.3. The van der Waals surface area contributed by atoms with Crippen molar-refractivity contribution in [1.29, 1.82) is 0 Å². The van der Waals surface area contributed by atoms with E-state index in [1.807, 2.05) is 0 Å². The predicted molar refractivity (Wildman–Crippen MR) is 9.75 cm³/mol. The summed E-state index contributed by atoms with van der Waals surface area (Å²) in [7, 11) is 0. The van der Waals surface area contributed by atoms with Crippen LogP contribution in [0.1, 0.15) is 2.85 Å². The Morgan fingerprint density at radius 1 is 1.25 bits per heavy atom. The first kappa shape index (κ1) is 35.6. The molecule has 0 aromatic rings. The molecule has 0 aromatic heterocycles. The monoisotopic (exact) mass is 85.0 g/mol. The van der Waals surface area contributed by atoms with Crippen molar-refractivity contribution in [3.05, 3.63) is 0 Å². The van der Waals surface area contributed by atoms with Crippen LogP contribution in [0, 0.1) is 0 Å². The summed E-state index contributed by atoms with van der Waals surface area (Å²) in [6.45, 7) is 0. The Morgan fingerprint density at radius 2 is 1.25 bits per heavy atom. The largest absolute Gasteiger partial charge is 1.00 e. The van der Waals surface area contributed by atoms with E-state index in [-0.39, 0.29) is 84.0 Å². The van der Waals surface area contributed by atoms with Crippen molar-refractivity contribution >= 4 is 0 Å². The normalized spacial score (nSPS) is 0. The molecule has 1 nitrogen and oxygen atoms in total. The number of hydrogen-bond acceptors (Lipinski definition) is 1. The molecule has 3 N–H and O–H groups in total. The molecule has 0 aromatic carbocycles. The van der Waals surface area contributed by atoms with Gasteiger partial charge in [0.05, 0.1) is 0 Å². The van der Waals surface area contributed by atoms with E-state index in [0.29, 0.717) is 0 Å². The Hall–Kier alpha value is 2.12. The van der Waals surface area contributed by atoms with E-state index in [9.17, 15) is 0 Å². The Kier molecular flexibility index (Phi) is 172. The van der Waals surface area contributed by atoms with Gasteiger partial charge in [-0.3, -0.25) is 4.70 Å². The quantitative estimate of drug-likeness (QED) is 0.293. The second-order valence-corrected chi connectivity index (χ2v) is 0. The van der Waals surface area contributed by atoms with E-state index >= 15 is 0 Å². The Morgan fingerprint density at radius 3 is 1.25 bits per heavy atom. The molecule has 0 spiro atoms. The average Bonchev–Trinajstić information content (AvgIpc) is 0. The second-order valence-electron chi connectivity index (χ2n) is 0. The topological polar surface area (TPSA) is 35.0 Å². The molecule has 0 aliphatic heterocycles. The average molecular weight is 85.1 g/mol. The van der Waals surface area contributed by atoms with Gasteiger partial charge in [-0.25, -0.2) is 0 Å². The van der Waals surface area contributed by atoms with E-state index in [1.165, 1.54) is 0 Å². The molecule has 0 fully saturated rings. The Balaban J connectivity index is 0. The third kappa shape index (κ3) is 8.92. The van der Waals surface area contributed by atoms with Gasteiger partial charge < -0.3 is 9.00 Å². The number of halogens is 1. The van der Waals surface area contributed by atoms with Crippen molar-refractivity contribution in [2.24, 2.45) is 0 Å². The molecule has 0 aliphatic rings. The van der Waals surface area contributed by atoms with Crippen molar-refractivity contribution in [2.75, 3.05) is 0 Å². The molecule has 0 bridgehead atoms. The van der Waals surface area contributed by atoms with Gasteiger partial charge in [0.15, 0.2) is 0 Å². The first-order valence-electron chi connectivity index (χ1n) is 0. The molecule has 4 heteroatoms. The number of hydrogen-bond donors (Lipinski definition) is 1. The molecule has 0 amide bonds. The van der Waals surface area contributed by atoms with Crippen LogP contribution in [0.4, 0.5) is 4.70 Å². The summed E-state index contributed by atoms with van der Waals surface area (Å²) < 4.78 is 0. The van der Waals surface area contributed by atoms with Crippen LogP contribution in [-0.4, -0.2) is 0 Å². The molecule has 0 rings (SSSR count). The van der Waals surface area contributed by atoms with Crippen molar-refractivity contribution in [3.63, 3.8) is 0 Å².